The van der Waals surface area contributed by atoms with Gasteiger partial charge in [0.15, 0.2) is 11.6 Å². The van der Waals surface area contributed by atoms with Gasteiger partial charge < -0.3 is 4.74 Å². The fourth-order valence-corrected chi connectivity index (χ4v) is 1.60. The van der Waals surface area contributed by atoms with Crippen LogP contribution in [0.5, 0.6) is 11.5 Å². The fourth-order valence-electron chi connectivity index (χ4n) is 1.60. The molecule has 0 heterocycles. The molecular formula is C14H6F5NO. The molecule has 2 aromatic rings. The summed E-state index contributed by atoms with van der Waals surface area (Å²) in [6.07, 6.45) is -4.66. The molecule has 0 unspecified atom stereocenters. The van der Waals surface area contributed by atoms with Crippen LogP contribution in [0.2, 0.25) is 0 Å². The average molecular weight is 299 g/mol. The Balaban J connectivity index is 2.34. The number of rotatable bonds is 2. The van der Waals surface area contributed by atoms with Gasteiger partial charge in [0.2, 0.25) is 0 Å². The first kappa shape index (κ1) is 14.8. The lowest BCUT2D eigenvalue weighted by Gasteiger charge is -2.11. The Labute approximate surface area is 116 Å². The molecule has 2 nitrogen and oxygen atoms in total. The number of nitriles is 1. The van der Waals surface area contributed by atoms with Crippen LogP contribution in [-0.2, 0) is 6.18 Å². The molecule has 0 aliphatic rings. The van der Waals surface area contributed by atoms with Crippen molar-refractivity contribution >= 4 is 0 Å². The van der Waals surface area contributed by atoms with E-state index in [-0.39, 0.29) is 11.5 Å². The van der Waals surface area contributed by atoms with E-state index in [9.17, 15) is 22.0 Å². The lowest BCUT2D eigenvalue weighted by Crippen LogP contribution is -2.07. The van der Waals surface area contributed by atoms with Crippen LogP contribution in [0.4, 0.5) is 22.0 Å². The van der Waals surface area contributed by atoms with E-state index < -0.39 is 28.9 Å². The lowest BCUT2D eigenvalue weighted by atomic mass is 10.1. The largest absolute Gasteiger partial charge is 0.457 e. The van der Waals surface area contributed by atoms with Crippen LogP contribution in [0.1, 0.15) is 11.1 Å². The van der Waals surface area contributed by atoms with Gasteiger partial charge in [0.05, 0.1) is 17.2 Å². The molecule has 0 aliphatic carbocycles. The maximum absolute atomic E-state index is 13.0. The summed E-state index contributed by atoms with van der Waals surface area (Å²) < 4.78 is 68.7. The third-order valence-electron chi connectivity index (χ3n) is 2.54. The molecule has 0 amide bonds. The fraction of sp³-hybridized carbons (Fsp3) is 0.0714. The van der Waals surface area contributed by atoms with E-state index in [1.165, 1.54) is 6.07 Å². The Morgan fingerprint density at radius 3 is 2.10 bits per heavy atom. The van der Waals surface area contributed by atoms with E-state index in [1.807, 2.05) is 0 Å². The second-order valence-electron chi connectivity index (χ2n) is 3.99. The van der Waals surface area contributed by atoms with Crippen molar-refractivity contribution in [3.05, 3.63) is 59.2 Å². The zero-order valence-electron chi connectivity index (χ0n) is 10.2. The van der Waals surface area contributed by atoms with Gasteiger partial charge in [-0.2, -0.15) is 18.4 Å². The van der Waals surface area contributed by atoms with Gasteiger partial charge in [-0.3, -0.25) is 0 Å². The molecule has 0 saturated heterocycles. The Kier molecular flexibility index (Phi) is 3.80. The molecular weight excluding hydrogens is 293 g/mol. The van der Waals surface area contributed by atoms with Crippen molar-refractivity contribution in [2.24, 2.45) is 0 Å². The summed E-state index contributed by atoms with van der Waals surface area (Å²) in [5.41, 5.74) is -1.72. The van der Waals surface area contributed by atoms with Gasteiger partial charge in [-0.25, -0.2) is 8.78 Å². The number of hydrogen-bond donors (Lipinski definition) is 0. The first-order valence-corrected chi connectivity index (χ1v) is 5.55. The van der Waals surface area contributed by atoms with E-state index in [2.05, 4.69) is 0 Å². The van der Waals surface area contributed by atoms with E-state index in [0.717, 1.165) is 30.3 Å². The van der Waals surface area contributed by atoms with E-state index in [0.29, 0.717) is 6.07 Å². The van der Waals surface area contributed by atoms with Crippen molar-refractivity contribution in [1.29, 1.82) is 5.26 Å². The van der Waals surface area contributed by atoms with E-state index >= 15 is 0 Å². The lowest BCUT2D eigenvalue weighted by molar-refractivity contribution is -0.137. The third kappa shape index (κ3) is 3.28. The van der Waals surface area contributed by atoms with Crippen molar-refractivity contribution < 1.29 is 26.7 Å². The average Bonchev–Trinajstić information content (AvgIpc) is 2.41. The Bertz CT molecular complexity index is 718. The number of benzene rings is 2. The number of halogens is 5. The van der Waals surface area contributed by atoms with Crippen molar-refractivity contribution in [2.45, 2.75) is 6.18 Å². The van der Waals surface area contributed by atoms with Crippen LogP contribution < -0.4 is 4.74 Å². The van der Waals surface area contributed by atoms with Gasteiger partial charge >= 0.3 is 6.18 Å². The maximum Gasteiger partial charge on any atom is 0.417 e. The SMILES string of the molecule is N#Cc1cc(Oc2ccc(F)c(F)c2)ccc1C(F)(F)F. The molecule has 0 aliphatic heterocycles. The predicted molar refractivity (Wildman–Crippen MR) is 62.6 cm³/mol. The summed E-state index contributed by atoms with van der Waals surface area (Å²) in [6, 6.07) is 6.65. The van der Waals surface area contributed by atoms with Crippen LogP contribution in [0, 0.1) is 23.0 Å². The van der Waals surface area contributed by atoms with Gasteiger partial charge in [-0.05, 0) is 30.3 Å². The minimum Gasteiger partial charge on any atom is -0.457 e. The molecule has 0 bridgehead atoms. The smallest absolute Gasteiger partial charge is 0.417 e. The quantitative estimate of drug-likeness (QED) is 0.756. The monoisotopic (exact) mass is 299 g/mol. The summed E-state index contributed by atoms with van der Waals surface area (Å²) >= 11 is 0. The minimum absolute atomic E-state index is 0.0921. The number of alkyl halides is 3. The van der Waals surface area contributed by atoms with E-state index in [1.54, 1.807) is 0 Å². The molecule has 2 rings (SSSR count). The molecule has 0 fully saturated rings. The van der Waals surface area contributed by atoms with Gasteiger partial charge in [0.1, 0.15) is 11.5 Å². The first-order chi connectivity index (χ1) is 9.81. The molecule has 0 radical (unpaired) electrons. The molecule has 0 saturated carbocycles. The molecule has 0 N–H and O–H groups in total. The second-order valence-corrected chi connectivity index (χ2v) is 3.99. The highest BCUT2D eigenvalue weighted by Gasteiger charge is 2.33. The highest BCUT2D eigenvalue weighted by molar-refractivity contribution is 5.46. The standard InChI is InChI=1S/C14H6F5NO/c15-12-4-2-10(6-13(12)16)21-9-1-3-11(14(17,18)19)8(5-9)7-20/h1-6H. The Morgan fingerprint density at radius 2 is 1.52 bits per heavy atom. The number of hydrogen-bond acceptors (Lipinski definition) is 2. The molecule has 108 valence electrons. The van der Waals surface area contributed by atoms with Crippen LogP contribution in [0.15, 0.2) is 36.4 Å². The van der Waals surface area contributed by atoms with E-state index in [4.69, 9.17) is 10.00 Å². The van der Waals surface area contributed by atoms with Crippen molar-refractivity contribution in [2.75, 3.05) is 0 Å². The number of ether oxygens (including phenoxy) is 1. The van der Waals surface area contributed by atoms with Crippen LogP contribution >= 0.6 is 0 Å². The Hall–Kier alpha value is -2.62. The molecule has 0 aromatic heterocycles. The molecule has 0 spiro atoms. The second kappa shape index (κ2) is 5.40. The first-order valence-electron chi connectivity index (χ1n) is 5.55. The summed E-state index contributed by atoms with van der Waals surface area (Å²) in [4.78, 5) is 0. The van der Waals surface area contributed by atoms with Gasteiger partial charge in [-0.1, -0.05) is 0 Å². The normalized spacial score (nSPS) is 11.0. The summed E-state index contributed by atoms with van der Waals surface area (Å²) in [6.45, 7) is 0. The van der Waals surface area contributed by atoms with Crippen LogP contribution in [0.25, 0.3) is 0 Å². The molecule has 0 atom stereocenters. The molecule has 7 heteroatoms. The summed E-state index contributed by atoms with van der Waals surface area (Å²) in [5, 5.41) is 8.74. The summed E-state index contributed by atoms with van der Waals surface area (Å²) in [7, 11) is 0. The Morgan fingerprint density at radius 1 is 0.905 bits per heavy atom. The zero-order chi connectivity index (χ0) is 15.6. The van der Waals surface area contributed by atoms with Crippen LogP contribution in [0.3, 0.4) is 0 Å². The predicted octanol–water partition coefficient (Wildman–Crippen LogP) is 4.65. The molecule has 2 aromatic carbocycles. The highest BCUT2D eigenvalue weighted by atomic mass is 19.4. The van der Waals surface area contributed by atoms with Crippen molar-refractivity contribution in [3.63, 3.8) is 0 Å². The van der Waals surface area contributed by atoms with Crippen molar-refractivity contribution in [1.82, 2.24) is 0 Å². The highest BCUT2D eigenvalue weighted by Crippen LogP contribution is 2.34. The summed E-state index contributed by atoms with van der Waals surface area (Å²) in [5.74, 6) is -2.42. The zero-order valence-corrected chi connectivity index (χ0v) is 10.2. The van der Waals surface area contributed by atoms with Crippen LogP contribution in [-0.4, -0.2) is 0 Å². The maximum atomic E-state index is 13.0. The van der Waals surface area contributed by atoms with Gasteiger partial charge in [0, 0.05) is 6.07 Å². The number of nitrogens with zero attached hydrogens (tertiary/aromatic N) is 1. The minimum atomic E-state index is -4.66. The van der Waals surface area contributed by atoms with Crippen molar-refractivity contribution in [3.8, 4) is 17.6 Å². The third-order valence-corrected chi connectivity index (χ3v) is 2.54. The molecule has 21 heavy (non-hydrogen) atoms. The van der Waals surface area contributed by atoms with Gasteiger partial charge in [-0.15, -0.1) is 0 Å². The topological polar surface area (TPSA) is 33.0 Å². The van der Waals surface area contributed by atoms with Gasteiger partial charge in [0.25, 0.3) is 0 Å².